The lowest BCUT2D eigenvalue weighted by Gasteiger charge is -2.10. The molecule has 0 amide bonds. The van der Waals surface area contributed by atoms with E-state index in [4.69, 9.17) is 5.73 Å². The van der Waals surface area contributed by atoms with Crippen LogP contribution in [0.25, 0.3) is 0 Å². The van der Waals surface area contributed by atoms with Crippen LogP contribution in [-0.2, 0) is 4.79 Å². The van der Waals surface area contributed by atoms with Crippen LogP contribution in [0, 0.1) is 0 Å². The zero-order chi connectivity index (χ0) is 11.3. The van der Waals surface area contributed by atoms with E-state index in [1.54, 1.807) is 18.5 Å². The molecule has 1 atom stereocenters. The fraction of sp³-hybridized carbons (Fsp3) is 0.273. The molecule has 4 nitrogen and oxygen atoms in total. The van der Waals surface area contributed by atoms with Crippen molar-refractivity contribution in [2.75, 3.05) is 0 Å². The van der Waals surface area contributed by atoms with Gasteiger partial charge in [-0.15, -0.1) is 0 Å². The molecule has 1 unspecified atom stereocenters. The standard InChI is InChI=1S/C11H14N2O2/c1-8(14)5-10(15)6-11(12)9-3-2-4-13-7-9/h2-5,7,11,15H,6,12H2,1H3/b10-5-. The summed E-state index contributed by atoms with van der Waals surface area (Å²) in [5.41, 5.74) is 6.65. The van der Waals surface area contributed by atoms with Crippen molar-refractivity contribution in [3.8, 4) is 0 Å². The number of carbonyl (C=O) groups is 1. The Labute approximate surface area is 88.4 Å². The number of aromatic nitrogens is 1. The van der Waals surface area contributed by atoms with Gasteiger partial charge in [-0.05, 0) is 18.6 Å². The lowest BCUT2D eigenvalue weighted by molar-refractivity contribution is -0.112. The van der Waals surface area contributed by atoms with E-state index in [0.717, 1.165) is 5.56 Å². The first-order valence-corrected chi connectivity index (χ1v) is 4.65. The minimum atomic E-state index is -0.339. The topological polar surface area (TPSA) is 76.2 Å². The number of nitrogens with two attached hydrogens (primary N) is 1. The summed E-state index contributed by atoms with van der Waals surface area (Å²) in [4.78, 5) is 14.6. The van der Waals surface area contributed by atoms with E-state index in [0.29, 0.717) is 0 Å². The lowest BCUT2D eigenvalue weighted by atomic mass is 10.1. The number of aliphatic hydroxyl groups excluding tert-OH is 1. The van der Waals surface area contributed by atoms with Crippen LogP contribution in [0.4, 0.5) is 0 Å². The molecule has 15 heavy (non-hydrogen) atoms. The molecule has 1 rings (SSSR count). The van der Waals surface area contributed by atoms with Gasteiger partial charge in [0.25, 0.3) is 0 Å². The number of pyridine rings is 1. The average molecular weight is 206 g/mol. The summed E-state index contributed by atoms with van der Waals surface area (Å²) < 4.78 is 0. The fourth-order valence-electron chi connectivity index (χ4n) is 1.23. The Morgan fingerprint density at radius 1 is 1.73 bits per heavy atom. The third kappa shape index (κ3) is 3.91. The van der Waals surface area contributed by atoms with Gasteiger partial charge in [-0.3, -0.25) is 9.78 Å². The van der Waals surface area contributed by atoms with Gasteiger partial charge in [0.1, 0.15) is 0 Å². The number of hydrogen-bond donors (Lipinski definition) is 2. The van der Waals surface area contributed by atoms with Crippen molar-refractivity contribution in [2.24, 2.45) is 5.73 Å². The molecule has 0 saturated heterocycles. The summed E-state index contributed by atoms with van der Waals surface area (Å²) in [5, 5.41) is 9.39. The summed E-state index contributed by atoms with van der Waals surface area (Å²) in [6, 6.07) is 3.27. The second kappa shape index (κ2) is 5.26. The van der Waals surface area contributed by atoms with Gasteiger partial charge in [-0.1, -0.05) is 6.07 Å². The van der Waals surface area contributed by atoms with Crippen molar-refractivity contribution in [3.63, 3.8) is 0 Å². The van der Waals surface area contributed by atoms with Crippen molar-refractivity contribution < 1.29 is 9.90 Å². The van der Waals surface area contributed by atoms with E-state index < -0.39 is 0 Å². The molecule has 0 spiro atoms. The molecular weight excluding hydrogens is 192 g/mol. The average Bonchev–Trinajstić information content (AvgIpc) is 2.17. The van der Waals surface area contributed by atoms with Crippen LogP contribution in [0.15, 0.2) is 36.4 Å². The van der Waals surface area contributed by atoms with Gasteiger partial charge in [0.15, 0.2) is 5.78 Å². The quantitative estimate of drug-likeness (QED) is 0.578. The minimum Gasteiger partial charge on any atom is -0.512 e. The first-order valence-electron chi connectivity index (χ1n) is 4.65. The van der Waals surface area contributed by atoms with Crippen LogP contribution >= 0.6 is 0 Å². The van der Waals surface area contributed by atoms with Crippen molar-refractivity contribution in [1.29, 1.82) is 0 Å². The SMILES string of the molecule is CC(=O)/C=C(\O)CC(N)c1cccnc1. The molecule has 1 heterocycles. The monoisotopic (exact) mass is 206 g/mol. The highest BCUT2D eigenvalue weighted by molar-refractivity contribution is 5.87. The van der Waals surface area contributed by atoms with Crippen molar-refractivity contribution in [1.82, 2.24) is 4.98 Å². The molecule has 3 N–H and O–H groups in total. The van der Waals surface area contributed by atoms with Crippen molar-refractivity contribution in [2.45, 2.75) is 19.4 Å². The first kappa shape index (κ1) is 11.4. The largest absolute Gasteiger partial charge is 0.512 e. The molecule has 80 valence electrons. The van der Waals surface area contributed by atoms with E-state index in [-0.39, 0.29) is 24.0 Å². The van der Waals surface area contributed by atoms with Crippen molar-refractivity contribution in [3.05, 3.63) is 41.9 Å². The lowest BCUT2D eigenvalue weighted by Crippen LogP contribution is -2.11. The zero-order valence-electron chi connectivity index (χ0n) is 8.55. The molecule has 0 radical (unpaired) electrons. The van der Waals surface area contributed by atoms with Gasteiger partial charge in [0.2, 0.25) is 0 Å². The number of allylic oxidation sites excluding steroid dienone is 1. The predicted molar refractivity (Wildman–Crippen MR) is 57.2 cm³/mol. The molecule has 0 aliphatic rings. The van der Waals surface area contributed by atoms with Gasteiger partial charge in [-0.2, -0.15) is 0 Å². The third-order valence-corrected chi connectivity index (χ3v) is 1.91. The number of carbonyl (C=O) groups excluding carboxylic acids is 1. The molecule has 0 aliphatic heterocycles. The van der Waals surface area contributed by atoms with E-state index in [9.17, 15) is 9.90 Å². The Balaban J connectivity index is 2.64. The van der Waals surface area contributed by atoms with Crippen molar-refractivity contribution >= 4 is 5.78 Å². The highest BCUT2D eigenvalue weighted by atomic mass is 16.3. The number of hydrogen-bond acceptors (Lipinski definition) is 4. The van der Waals surface area contributed by atoms with Crippen LogP contribution < -0.4 is 5.73 Å². The number of ketones is 1. The summed E-state index contributed by atoms with van der Waals surface area (Å²) in [5.74, 6) is -0.190. The van der Waals surface area contributed by atoms with Gasteiger partial charge in [-0.25, -0.2) is 0 Å². The maximum absolute atomic E-state index is 10.7. The smallest absolute Gasteiger partial charge is 0.155 e. The second-order valence-electron chi connectivity index (χ2n) is 3.34. The van der Waals surface area contributed by atoms with Crippen LogP contribution in [0.3, 0.4) is 0 Å². The molecule has 0 fully saturated rings. The summed E-state index contributed by atoms with van der Waals surface area (Å²) >= 11 is 0. The molecule has 4 heteroatoms. The summed E-state index contributed by atoms with van der Waals surface area (Å²) in [6.45, 7) is 1.38. The van der Waals surface area contributed by atoms with E-state index >= 15 is 0 Å². The van der Waals surface area contributed by atoms with Gasteiger partial charge in [0.05, 0.1) is 5.76 Å². The molecule has 1 aromatic heterocycles. The zero-order valence-corrected chi connectivity index (χ0v) is 8.55. The van der Waals surface area contributed by atoms with Crippen LogP contribution in [0.1, 0.15) is 24.9 Å². The molecule has 1 aromatic rings. The molecule has 0 aromatic carbocycles. The maximum Gasteiger partial charge on any atom is 0.155 e. The normalized spacial score (nSPS) is 13.6. The Morgan fingerprint density at radius 3 is 3.00 bits per heavy atom. The molecule has 0 bridgehead atoms. The van der Waals surface area contributed by atoms with Crippen LogP contribution in [0.5, 0.6) is 0 Å². The first-order chi connectivity index (χ1) is 7.09. The van der Waals surface area contributed by atoms with Gasteiger partial charge in [0, 0.05) is 30.9 Å². The van der Waals surface area contributed by atoms with Gasteiger partial charge >= 0.3 is 0 Å². The summed E-state index contributed by atoms with van der Waals surface area (Å²) in [6.07, 6.45) is 4.72. The van der Waals surface area contributed by atoms with Crippen LogP contribution in [0.2, 0.25) is 0 Å². The minimum absolute atomic E-state index is 0.00106. The number of rotatable bonds is 4. The highest BCUT2D eigenvalue weighted by Crippen LogP contribution is 2.15. The molecule has 0 aliphatic carbocycles. The maximum atomic E-state index is 10.7. The molecule has 0 saturated carbocycles. The summed E-state index contributed by atoms with van der Waals surface area (Å²) in [7, 11) is 0. The number of nitrogens with zero attached hydrogens (tertiary/aromatic N) is 1. The third-order valence-electron chi connectivity index (χ3n) is 1.91. The Bertz CT molecular complexity index is 360. The number of aliphatic hydroxyl groups is 1. The fourth-order valence-corrected chi connectivity index (χ4v) is 1.23. The molecular formula is C11H14N2O2. The van der Waals surface area contributed by atoms with E-state index in [1.165, 1.54) is 13.0 Å². The van der Waals surface area contributed by atoms with E-state index in [1.807, 2.05) is 6.07 Å². The Hall–Kier alpha value is -1.68. The Kier molecular flexibility index (Phi) is 4.00. The van der Waals surface area contributed by atoms with Crippen LogP contribution in [-0.4, -0.2) is 15.9 Å². The second-order valence-corrected chi connectivity index (χ2v) is 3.34. The van der Waals surface area contributed by atoms with Gasteiger partial charge < -0.3 is 10.8 Å². The highest BCUT2D eigenvalue weighted by Gasteiger charge is 2.08. The van der Waals surface area contributed by atoms with E-state index in [2.05, 4.69) is 4.98 Å². The predicted octanol–water partition coefficient (Wildman–Crippen LogP) is 1.50. The Morgan fingerprint density at radius 2 is 2.47 bits per heavy atom.